The van der Waals surface area contributed by atoms with E-state index in [1.165, 1.54) is 51.4 Å². The Kier molecular flexibility index (Phi) is 7.50. The van der Waals surface area contributed by atoms with Crippen molar-refractivity contribution in [2.45, 2.75) is 82.5 Å². The Bertz CT molecular complexity index is 389. The Hall–Kier alpha value is -0.620. The predicted molar refractivity (Wildman–Crippen MR) is 87.7 cm³/mol. The van der Waals surface area contributed by atoms with Gasteiger partial charge in [-0.1, -0.05) is 37.9 Å². The van der Waals surface area contributed by atoms with Gasteiger partial charge in [0.2, 0.25) is 5.16 Å². The van der Waals surface area contributed by atoms with E-state index in [9.17, 15) is 0 Å². The van der Waals surface area contributed by atoms with Gasteiger partial charge in [0.15, 0.2) is 0 Å². The van der Waals surface area contributed by atoms with E-state index in [1.807, 2.05) is 11.8 Å². The molecule has 6 heteroatoms. The minimum Gasteiger partial charge on any atom is -0.314 e. The van der Waals surface area contributed by atoms with Crippen LogP contribution in [-0.4, -0.2) is 38.5 Å². The van der Waals surface area contributed by atoms with Gasteiger partial charge in [-0.25, -0.2) is 4.68 Å². The van der Waals surface area contributed by atoms with Gasteiger partial charge in [-0.2, -0.15) is 0 Å². The van der Waals surface area contributed by atoms with Crippen LogP contribution in [0, 0.1) is 0 Å². The van der Waals surface area contributed by atoms with E-state index in [-0.39, 0.29) is 0 Å². The molecule has 0 amide bonds. The Morgan fingerprint density at radius 3 is 2.90 bits per heavy atom. The molecule has 120 valence electrons. The van der Waals surface area contributed by atoms with Crippen molar-refractivity contribution in [3.63, 3.8) is 0 Å². The lowest BCUT2D eigenvalue weighted by molar-refractivity contribution is 0.423. The minimum absolute atomic E-state index is 0.542. The molecule has 5 nitrogen and oxygen atoms in total. The molecule has 0 radical (unpaired) electrons. The zero-order valence-corrected chi connectivity index (χ0v) is 14.2. The van der Waals surface area contributed by atoms with Gasteiger partial charge in [0.25, 0.3) is 0 Å². The molecular formula is C15H29N5S. The Balaban J connectivity index is 1.62. The second-order valence-electron chi connectivity index (χ2n) is 6.04. The number of thioether (sulfide) groups is 1. The monoisotopic (exact) mass is 311 g/mol. The topological polar surface area (TPSA) is 55.6 Å². The van der Waals surface area contributed by atoms with Gasteiger partial charge in [-0.3, -0.25) is 0 Å². The lowest BCUT2D eigenvalue weighted by atomic mass is 10.1. The summed E-state index contributed by atoms with van der Waals surface area (Å²) in [7, 11) is 0. The molecule has 1 fully saturated rings. The van der Waals surface area contributed by atoms with Crippen LogP contribution in [0.3, 0.4) is 0 Å². The molecule has 1 saturated carbocycles. The Morgan fingerprint density at radius 2 is 2.14 bits per heavy atom. The molecule has 0 spiro atoms. The maximum Gasteiger partial charge on any atom is 0.209 e. The maximum atomic E-state index is 4.19. The number of rotatable bonds is 10. The van der Waals surface area contributed by atoms with Crippen molar-refractivity contribution in [2.75, 3.05) is 12.3 Å². The van der Waals surface area contributed by atoms with Gasteiger partial charge in [0.1, 0.15) is 0 Å². The summed E-state index contributed by atoms with van der Waals surface area (Å²) < 4.78 is 2.06. The zero-order chi connectivity index (χ0) is 14.9. The van der Waals surface area contributed by atoms with Crippen LogP contribution in [0.4, 0.5) is 0 Å². The highest BCUT2D eigenvalue weighted by molar-refractivity contribution is 7.99. The van der Waals surface area contributed by atoms with Gasteiger partial charge in [0, 0.05) is 11.8 Å². The van der Waals surface area contributed by atoms with Crippen molar-refractivity contribution in [2.24, 2.45) is 0 Å². The second kappa shape index (κ2) is 9.41. The molecule has 1 aliphatic carbocycles. The first-order chi connectivity index (χ1) is 10.3. The minimum atomic E-state index is 0.542. The normalized spacial score (nSPS) is 17.4. The van der Waals surface area contributed by atoms with E-state index in [1.54, 1.807) is 0 Å². The van der Waals surface area contributed by atoms with Gasteiger partial charge >= 0.3 is 0 Å². The van der Waals surface area contributed by atoms with Crippen molar-refractivity contribution in [3.8, 4) is 0 Å². The summed E-state index contributed by atoms with van der Waals surface area (Å²) in [5, 5.41) is 16.8. The molecule has 0 saturated heterocycles. The van der Waals surface area contributed by atoms with Crippen LogP contribution >= 0.6 is 11.8 Å². The quantitative estimate of drug-likeness (QED) is 0.530. The van der Waals surface area contributed by atoms with E-state index < -0.39 is 0 Å². The fourth-order valence-electron chi connectivity index (χ4n) is 2.87. The van der Waals surface area contributed by atoms with Gasteiger partial charge in [-0.15, -0.1) is 5.10 Å². The Labute approximate surface area is 132 Å². The summed E-state index contributed by atoms with van der Waals surface area (Å²) in [5.41, 5.74) is 0. The largest absolute Gasteiger partial charge is 0.314 e. The van der Waals surface area contributed by atoms with Crippen molar-refractivity contribution in [1.82, 2.24) is 25.5 Å². The number of nitrogens with one attached hydrogen (secondary N) is 1. The standard InChI is InChI=1S/C15H29N5S/c1-3-11-16-13(2)8-6-7-12-21-15-17-18-19-20(15)14-9-4-5-10-14/h13-14,16H,3-12H2,1-2H3. The van der Waals surface area contributed by atoms with Crippen LogP contribution in [0.15, 0.2) is 5.16 Å². The highest BCUT2D eigenvalue weighted by Crippen LogP contribution is 2.31. The van der Waals surface area contributed by atoms with Gasteiger partial charge in [-0.05, 0) is 56.0 Å². The van der Waals surface area contributed by atoms with Crippen LogP contribution in [0.25, 0.3) is 0 Å². The number of tetrazole rings is 1. The Morgan fingerprint density at radius 1 is 1.33 bits per heavy atom. The van der Waals surface area contributed by atoms with E-state index in [0.717, 1.165) is 17.5 Å². The van der Waals surface area contributed by atoms with Crippen molar-refractivity contribution in [3.05, 3.63) is 0 Å². The first-order valence-corrected chi connectivity index (χ1v) is 9.44. The summed E-state index contributed by atoms with van der Waals surface area (Å²) in [6.45, 7) is 5.63. The van der Waals surface area contributed by atoms with Crippen LogP contribution < -0.4 is 5.32 Å². The highest BCUT2D eigenvalue weighted by atomic mass is 32.2. The molecule has 1 unspecified atom stereocenters. The maximum absolute atomic E-state index is 4.19. The summed E-state index contributed by atoms with van der Waals surface area (Å²) in [5.74, 6) is 1.12. The smallest absolute Gasteiger partial charge is 0.209 e. The molecule has 1 aliphatic rings. The molecule has 21 heavy (non-hydrogen) atoms. The fraction of sp³-hybridized carbons (Fsp3) is 0.933. The molecular weight excluding hydrogens is 282 g/mol. The molecule has 2 rings (SSSR count). The predicted octanol–water partition coefficient (Wildman–Crippen LogP) is 3.44. The summed E-state index contributed by atoms with van der Waals surface area (Å²) >= 11 is 1.82. The first kappa shape index (κ1) is 16.7. The first-order valence-electron chi connectivity index (χ1n) is 8.45. The third-order valence-electron chi connectivity index (χ3n) is 4.14. The molecule has 1 heterocycles. The van der Waals surface area contributed by atoms with Crippen molar-refractivity contribution >= 4 is 11.8 Å². The lowest BCUT2D eigenvalue weighted by Gasteiger charge is -2.13. The van der Waals surface area contributed by atoms with Crippen LogP contribution in [-0.2, 0) is 0 Å². The number of unbranched alkanes of at least 4 members (excludes halogenated alkanes) is 1. The van der Waals surface area contributed by atoms with Crippen molar-refractivity contribution < 1.29 is 0 Å². The summed E-state index contributed by atoms with van der Waals surface area (Å²) in [4.78, 5) is 0. The lowest BCUT2D eigenvalue weighted by Crippen LogP contribution is -2.26. The molecule has 1 aromatic heterocycles. The van der Waals surface area contributed by atoms with Crippen LogP contribution in [0.2, 0.25) is 0 Å². The molecule has 1 aromatic rings. The fourth-order valence-corrected chi connectivity index (χ4v) is 3.81. The van der Waals surface area contributed by atoms with Gasteiger partial charge < -0.3 is 5.32 Å². The molecule has 0 bridgehead atoms. The van der Waals surface area contributed by atoms with E-state index in [0.29, 0.717) is 12.1 Å². The third kappa shape index (κ3) is 5.58. The molecule has 0 aromatic carbocycles. The van der Waals surface area contributed by atoms with Gasteiger partial charge in [0.05, 0.1) is 6.04 Å². The van der Waals surface area contributed by atoms with E-state index in [2.05, 4.69) is 39.4 Å². The average Bonchev–Trinajstić information content (AvgIpc) is 3.15. The van der Waals surface area contributed by atoms with E-state index >= 15 is 0 Å². The highest BCUT2D eigenvalue weighted by Gasteiger charge is 2.21. The zero-order valence-electron chi connectivity index (χ0n) is 13.4. The summed E-state index contributed by atoms with van der Waals surface area (Å²) in [6.07, 6.45) is 10.1. The van der Waals surface area contributed by atoms with Crippen LogP contribution in [0.5, 0.6) is 0 Å². The molecule has 1 atom stereocenters. The number of nitrogens with zero attached hydrogens (tertiary/aromatic N) is 4. The molecule has 0 aliphatic heterocycles. The summed E-state index contributed by atoms with van der Waals surface area (Å²) in [6, 6.07) is 1.18. The number of aromatic nitrogens is 4. The average molecular weight is 311 g/mol. The number of hydrogen-bond donors (Lipinski definition) is 1. The van der Waals surface area contributed by atoms with Crippen LogP contribution in [0.1, 0.15) is 71.3 Å². The second-order valence-corrected chi connectivity index (χ2v) is 7.11. The van der Waals surface area contributed by atoms with E-state index in [4.69, 9.17) is 0 Å². The van der Waals surface area contributed by atoms with Crippen molar-refractivity contribution in [1.29, 1.82) is 0 Å². The third-order valence-corrected chi connectivity index (χ3v) is 5.16. The molecule has 1 N–H and O–H groups in total. The SMILES string of the molecule is CCCNC(C)CCCCSc1nnnn1C1CCCC1. The number of hydrogen-bond acceptors (Lipinski definition) is 5.